The van der Waals surface area contributed by atoms with Crippen LogP contribution in [-0.4, -0.2) is 11.0 Å². The largest absolute Gasteiger partial charge is 0.508 e. The van der Waals surface area contributed by atoms with E-state index in [2.05, 4.69) is 5.32 Å². The van der Waals surface area contributed by atoms with E-state index in [-0.39, 0.29) is 16.7 Å². The number of nitrogens with one attached hydrogen (secondary N) is 1. The van der Waals surface area contributed by atoms with Gasteiger partial charge in [-0.05, 0) is 32.9 Å². The van der Waals surface area contributed by atoms with E-state index in [4.69, 9.17) is 16.0 Å². The van der Waals surface area contributed by atoms with E-state index >= 15 is 0 Å². The third-order valence-electron chi connectivity index (χ3n) is 2.99. The lowest BCUT2D eigenvalue weighted by atomic mass is 10.1. The molecule has 2 rings (SSSR count). The molecular weight excluding hydrogens is 266 g/mol. The molecule has 5 heteroatoms. The van der Waals surface area contributed by atoms with Gasteiger partial charge < -0.3 is 14.8 Å². The average Bonchev–Trinajstić information content (AvgIpc) is 2.57. The van der Waals surface area contributed by atoms with Gasteiger partial charge in [-0.3, -0.25) is 4.79 Å². The summed E-state index contributed by atoms with van der Waals surface area (Å²) in [5, 5.41) is 12.3. The first-order valence-corrected chi connectivity index (χ1v) is 6.14. The van der Waals surface area contributed by atoms with Crippen molar-refractivity contribution in [1.82, 2.24) is 0 Å². The van der Waals surface area contributed by atoms with Crippen LogP contribution in [0.5, 0.6) is 5.75 Å². The van der Waals surface area contributed by atoms with Crippen molar-refractivity contribution in [2.24, 2.45) is 0 Å². The molecule has 1 heterocycles. The minimum atomic E-state index is -0.278. The Balaban J connectivity index is 2.31. The summed E-state index contributed by atoms with van der Waals surface area (Å²) < 4.78 is 5.42. The van der Waals surface area contributed by atoms with Crippen LogP contribution in [0, 0.1) is 20.8 Å². The van der Waals surface area contributed by atoms with Crippen LogP contribution in [0.1, 0.15) is 27.4 Å². The lowest BCUT2D eigenvalue weighted by molar-refractivity contribution is 0.102. The summed E-state index contributed by atoms with van der Waals surface area (Å²) in [6, 6.07) is 4.38. The summed E-state index contributed by atoms with van der Waals surface area (Å²) in [5.41, 5.74) is 1.77. The predicted molar refractivity (Wildman–Crippen MR) is 74.0 cm³/mol. The Kier molecular flexibility index (Phi) is 3.53. The zero-order chi connectivity index (χ0) is 14.2. The lowest BCUT2D eigenvalue weighted by Crippen LogP contribution is -2.13. The van der Waals surface area contributed by atoms with E-state index in [1.807, 2.05) is 13.8 Å². The number of halogens is 1. The summed E-state index contributed by atoms with van der Waals surface area (Å²) in [5.74, 6) is 1.07. The first-order chi connectivity index (χ1) is 8.90. The molecule has 1 amide bonds. The standard InChI is InChI=1S/C14H14ClNO3/c1-7-8(2)19-9(3)13(7)14(18)16-12-5-4-10(17)6-11(12)15/h4-6,17H,1-3H3,(H,16,18). The Bertz CT molecular complexity index is 646. The van der Waals surface area contributed by atoms with Crippen molar-refractivity contribution in [2.75, 3.05) is 5.32 Å². The Hall–Kier alpha value is -1.94. The molecule has 0 radical (unpaired) electrons. The first kappa shape index (κ1) is 13.5. The number of rotatable bonds is 2. The molecule has 0 aliphatic heterocycles. The molecule has 0 atom stereocenters. The summed E-state index contributed by atoms with van der Waals surface area (Å²) in [4.78, 5) is 12.2. The molecule has 0 saturated carbocycles. The van der Waals surface area contributed by atoms with Crippen LogP contribution >= 0.6 is 11.6 Å². The molecule has 1 aromatic carbocycles. The molecule has 0 saturated heterocycles. The van der Waals surface area contributed by atoms with Crippen molar-refractivity contribution in [3.63, 3.8) is 0 Å². The van der Waals surface area contributed by atoms with Gasteiger partial charge >= 0.3 is 0 Å². The monoisotopic (exact) mass is 279 g/mol. The Morgan fingerprint density at radius 2 is 1.95 bits per heavy atom. The topological polar surface area (TPSA) is 62.5 Å². The van der Waals surface area contributed by atoms with Gasteiger partial charge in [-0.15, -0.1) is 0 Å². The highest BCUT2D eigenvalue weighted by Crippen LogP contribution is 2.28. The van der Waals surface area contributed by atoms with Crippen LogP contribution < -0.4 is 5.32 Å². The molecule has 4 nitrogen and oxygen atoms in total. The molecule has 19 heavy (non-hydrogen) atoms. The number of phenolic OH excluding ortho intramolecular Hbond substituents is 1. The molecule has 2 aromatic rings. The third-order valence-corrected chi connectivity index (χ3v) is 3.30. The minimum absolute atomic E-state index is 0.0505. The second kappa shape index (κ2) is 4.97. The van der Waals surface area contributed by atoms with Crippen LogP contribution in [-0.2, 0) is 0 Å². The molecule has 0 bridgehead atoms. The fourth-order valence-corrected chi connectivity index (χ4v) is 2.14. The number of anilines is 1. The highest BCUT2D eigenvalue weighted by Gasteiger charge is 2.19. The van der Waals surface area contributed by atoms with Crippen LogP contribution in [0.25, 0.3) is 0 Å². The SMILES string of the molecule is Cc1oc(C)c(C(=O)Nc2ccc(O)cc2Cl)c1C. The van der Waals surface area contributed by atoms with Crippen molar-refractivity contribution >= 4 is 23.2 Å². The number of carbonyl (C=O) groups is 1. The third kappa shape index (κ3) is 2.58. The predicted octanol–water partition coefficient (Wildman–Crippen LogP) is 3.82. The van der Waals surface area contributed by atoms with E-state index in [9.17, 15) is 9.90 Å². The first-order valence-electron chi connectivity index (χ1n) is 5.76. The number of aryl methyl sites for hydroxylation is 2. The second-order valence-corrected chi connectivity index (χ2v) is 4.74. The van der Waals surface area contributed by atoms with E-state index in [1.54, 1.807) is 13.0 Å². The molecule has 100 valence electrons. The number of hydrogen-bond acceptors (Lipinski definition) is 3. The van der Waals surface area contributed by atoms with Gasteiger partial charge in [0, 0.05) is 11.6 Å². The normalized spacial score (nSPS) is 10.5. The molecule has 0 aliphatic carbocycles. The maximum atomic E-state index is 12.2. The van der Waals surface area contributed by atoms with Gasteiger partial charge in [-0.2, -0.15) is 0 Å². The van der Waals surface area contributed by atoms with Gasteiger partial charge in [0.1, 0.15) is 17.3 Å². The van der Waals surface area contributed by atoms with Crippen molar-refractivity contribution < 1.29 is 14.3 Å². The highest BCUT2D eigenvalue weighted by molar-refractivity contribution is 6.34. The van der Waals surface area contributed by atoms with Crippen LogP contribution in [0.3, 0.4) is 0 Å². The van der Waals surface area contributed by atoms with Gasteiger partial charge in [0.05, 0.1) is 16.3 Å². The van der Waals surface area contributed by atoms with Gasteiger partial charge in [0.2, 0.25) is 0 Å². The van der Waals surface area contributed by atoms with Crippen molar-refractivity contribution in [3.8, 4) is 5.75 Å². The number of phenols is 1. The van der Waals surface area contributed by atoms with Gasteiger partial charge in [0.15, 0.2) is 0 Å². The second-order valence-electron chi connectivity index (χ2n) is 4.33. The van der Waals surface area contributed by atoms with Crippen molar-refractivity contribution in [1.29, 1.82) is 0 Å². The van der Waals surface area contributed by atoms with Crippen molar-refractivity contribution in [3.05, 3.63) is 45.9 Å². The molecule has 0 unspecified atom stereocenters. The van der Waals surface area contributed by atoms with Gasteiger partial charge in [-0.1, -0.05) is 11.6 Å². The van der Waals surface area contributed by atoms with E-state index in [0.29, 0.717) is 17.0 Å². The van der Waals surface area contributed by atoms with Crippen molar-refractivity contribution in [2.45, 2.75) is 20.8 Å². The fraction of sp³-hybridized carbons (Fsp3) is 0.214. The Morgan fingerprint density at radius 3 is 2.47 bits per heavy atom. The summed E-state index contributed by atoms with van der Waals surface area (Å²) in [6.45, 7) is 5.39. The fourth-order valence-electron chi connectivity index (χ4n) is 1.92. The molecule has 0 fully saturated rings. The number of hydrogen-bond donors (Lipinski definition) is 2. The highest BCUT2D eigenvalue weighted by atomic mass is 35.5. The zero-order valence-electron chi connectivity index (χ0n) is 10.9. The van der Waals surface area contributed by atoms with E-state index in [1.165, 1.54) is 12.1 Å². The maximum Gasteiger partial charge on any atom is 0.259 e. The minimum Gasteiger partial charge on any atom is -0.508 e. The smallest absolute Gasteiger partial charge is 0.259 e. The van der Waals surface area contributed by atoms with Gasteiger partial charge in [-0.25, -0.2) is 0 Å². The zero-order valence-corrected chi connectivity index (χ0v) is 11.6. The number of aromatic hydroxyl groups is 1. The van der Waals surface area contributed by atoms with Gasteiger partial charge in [0.25, 0.3) is 5.91 Å². The summed E-state index contributed by atoms with van der Waals surface area (Å²) >= 11 is 5.95. The number of amides is 1. The number of carbonyl (C=O) groups excluding carboxylic acids is 1. The summed E-state index contributed by atoms with van der Waals surface area (Å²) in [7, 11) is 0. The summed E-state index contributed by atoms with van der Waals surface area (Å²) in [6.07, 6.45) is 0. The number of furan rings is 1. The molecule has 2 N–H and O–H groups in total. The molecular formula is C14H14ClNO3. The maximum absolute atomic E-state index is 12.2. The molecule has 1 aromatic heterocycles. The van der Waals surface area contributed by atoms with E-state index in [0.717, 1.165) is 11.3 Å². The Morgan fingerprint density at radius 1 is 1.26 bits per heavy atom. The Labute approximate surface area is 116 Å². The van der Waals surface area contributed by atoms with Crippen LogP contribution in [0.2, 0.25) is 5.02 Å². The molecule has 0 aliphatic rings. The number of benzene rings is 1. The van der Waals surface area contributed by atoms with Crippen LogP contribution in [0.15, 0.2) is 22.6 Å². The lowest BCUT2D eigenvalue weighted by Gasteiger charge is -2.07. The van der Waals surface area contributed by atoms with E-state index < -0.39 is 0 Å². The molecule has 0 spiro atoms. The quantitative estimate of drug-likeness (QED) is 0.822. The van der Waals surface area contributed by atoms with Crippen LogP contribution in [0.4, 0.5) is 5.69 Å². The average molecular weight is 280 g/mol.